The van der Waals surface area contributed by atoms with Crippen molar-refractivity contribution in [2.24, 2.45) is 0 Å². The summed E-state index contributed by atoms with van der Waals surface area (Å²) < 4.78 is 11.0. The fraction of sp³-hybridized carbons (Fsp3) is 0.258. The third-order valence-electron chi connectivity index (χ3n) is 7.24. The Hall–Kier alpha value is -4.39. The third-order valence-corrected chi connectivity index (χ3v) is 7.24. The lowest BCUT2D eigenvalue weighted by Crippen LogP contribution is -2.37. The van der Waals surface area contributed by atoms with Crippen LogP contribution in [-0.2, 0) is 9.59 Å². The second kappa shape index (κ2) is 10.5. The van der Waals surface area contributed by atoms with E-state index in [0.29, 0.717) is 41.3 Å². The molecule has 0 radical (unpaired) electrons. The molecule has 0 fully saturated rings. The van der Waals surface area contributed by atoms with Gasteiger partial charge in [-0.1, -0.05) is 36.4 Å². The molecule has 0 spiro atoms. The van der Waals surface area contributed by atoms with E-state index in [1.165, 1.54) is 0 Å². The number of anilines is 1. The van der Waals surface area contributed by atoms with Crippen molar-refractivity contribution >= 4 is 17.5 Å². The highest BCUT2D eigenvalue weighted by molar-refractivity contribution is 6.09. The molecule has 194 valence electrons. The average molecular weight is 510 g/mol. The van der Waals surface area contributed by atoms with Crippen LogP contribution in [0.25, 0.3) is 0 Å². The second-order valence-electron chi connectivity index (χ2n) is 9.65. The first-order valence-electron chi connectivity index (χ1n) is 12.7. The van der Waals surface area contributed by atoms with E-state index >= 15 is 0 Å². The maximum atomic E-state index is 13.9. The van der Waals surface area contributed by atoms with Gasteiger partial charge < -0.3 is 20.1 Å². The Labute approximate surface area is 222 Å². The second-order valence-corrected chi connectivity index (χ2v) is 9.65. The van der Waals surface area contributed by atoms with Crippen LogP contribution in [-0.4, -0.2) is 30.9 Å². The number of pyridine rings is 1. The van der Waals surface area contributed by atoms with Gasteiger partial charge in [-0.05, 0) is 62.1 Å². The van der Waals surface area contributed by atoms with E-state index in [-0.39, 0.29) is 17.6 Å². The number of aromatic nitrogens is 1. The Balaban J connectivity index is 1.57. The van der Waals surface area contributed by atoms with Crippen LogP contribution >= 0.6 is 0 Å². The molecule has 0 saturated carbocycles. The smallest absolute Gasteiger partial charge is 0.255 e. The Kier molecular flexibility index (Phi) is 7.01. The largest absolute Gasteiger partial charge is 0.497 e. The van der Waals surface area contributed by atoms with Crippen molar-refractivity contribution in [2.75, 3.05) is 19.5 Å². The number of aryl methyl sites for hydroxylation is 1. The molecule has 7 heteroatoms. The highest BCUT2D eigenvalue weighted by atomic mass is 16.5. The van der Waals surface area contributed by atoms with Gasteiger partial charge in [0.05, 0.1) is 20.1 Å². The number of ether oxygens (including phenoxy) is 2. The minimum Gasteiger partial charge on any atom is -0.497 e. The molecule has 2 N–H and O–H groups in total. The Morgan fingerprint density at radius 1 is 0.947 bits per heavy atom. The van der Waals surface area contributed by atoms with Crippen LogP contribution in [0, 0.1) is 6.92 Å². The van der Waals surface area contributed by atoms with Crippen LogP contribution < -0.4 is 20.1 Å². The van der Waals surface area contributed by atoms with Gasteiger partial charge in [-0.25, -0.2) is 4.98 Å². The summed E-state index contributed by atoms with van der Waals surface area (Å²) in [6.45, 7) is 3.75. The zero-order valence-electron chi connectivity index (χ0n) is 22.0. The highest BCUT2D eigenvalue weighted by Gasteiger charge is 2.42. The molecule has 2 atom stereocenters. The van der Waals surface area contributed by atoms with E-state index in [0.717, 1.165) is 28.3 Å². The van der Waals surface area contributed by atoms with Crippen molar-refractivity contribution < 1.29 is 19.1 Å². The van der Waals surface area contributed by atoms with Crippen LogP contribution in [0.15, 0.2) is 89.3 Å². The monoisotopic (exact) mass is 509 g/mol. The quantitative estimate of drug-likeness (QED) is 0.462. The van der Waals surface area contributed by atoms with Crippen LogP contribution in [0.1, 0.15) is 48.4 Å². The minimum absolute atomic E-state index is 0.0157. The van der Waals surface area contributed by atoms with E-state index < -0.39 is 5.92 Å². The lowest BCUT2D eigenvalue weighted by Gasteiger charge is -2.37. The van der Waals surface area contributed by atoms with Gasteiger partial charge in [0.25, 0.3) is 5.91 Å². The number of carbonyl (C=O) groups excluding carboxylic acids is 2. The summed E-state index contributed by atoms with van der Waals surface area (Å²) in [4.78, 5) is 32.1. The molecule has 1 aliphatic carbocycles. The molecule has 0 saturated heterocycles. The van der Waals surface area contributed by atoms with E-state index in [1.807, 2.05) is 74.5 Å². The standard InChI is InChI=1S/C31H31N3O4/c1-18-8-7-11-27(32-18)34-31(36)28-19(2)33-24-16-21(20-12-14-22(37-3)15-13-20)17-25(35)30(24)29(28)23-9-5-6-10-26(23)38-4/h5-15,21,29,33H,16-17H2,1-4H3,(H,32,34,36). The van der Waals surface area contributed by atoms with Gasteiger partial charge in [0.1, 0.15) is 17.3 Å². The molecule has 1 aromatic heterocycles. The lowest BCUT2D eigenvalue weighted by molar-refractivity contribution is -0.116. The highest BCUT2D eigenvalue weighted by Crippen LogP contribution is 2.47. The summed E-state index contributed by atoms with van der Waals surface area (Å²) in [7, 11) is 3.24. The summed E-state index contributed by atoms with van der Waals surface area (Å²) >= 11 is 0. The number of benzene rings is 2. The molecule has 7 nitrogen and oxygen atoms in total. The number of hydrogen-bond donors (Lipinski definition) is 2. The Morgan fingerprint density at radius 2 is 1.71 bits per heavy atom. The maximum Gasteiger partial charge on any atom is 0.255 e. The minimum atomic E-state index is -0.573. The number of allylic oxidation sites excluding steroid dienone is 3. The number of ketones is 1. The molecule has 2 heterocycles. The zero-order chi connectivity index (χ0) is 26.8. The number of hydrogen-bond acceptors (Lipinski definition) is 6. The number of methoxy groups -OCH3 is 2. The molecule has 5 rings (SSSR count). The first kappa shape index (κ1) is 25.3. The Bertz CT molecular complexity index is 1460. The van der Waals surface area contributed by atoms with E-state index in [1.54, 1.807) is 20.3 Å². The van der Waals surface area contributed by atoms with Gasteiger partial charge >= 0.3 is 0 Å². The molecule has 38 heavy (non-hydrogen) atoms. The van der Waals surface area contributed by atoms with Crippen LogP contribution in [0.2, 0.25) is 0 Å². The molecule has 2 unspecified atom stereocenters. The van der Waals surface area contributed by atoms with Gasteiger partial charge in [0.2, 0.25) is 0 Å². The van der Waals surface area contributed by atoms with Crippen LogP contribution in [0.3, 0.4) is 0 Å². The molecule has 2 aliphatic rings. The van der Waals surface area contributed by atoms with Gasteiger partial charge in [-0.3, -0.25) is 9.59 Å². The van der Waals surface area contributed by atoms with Gasteiger partial charge in [0, 0.05) is 40.2 Å². The van der Waals surface area contributed by atoms with Crippen molar-refractivity contribution in [3.63, 3.8) is 0 Å². The van der Waals surface area contributed by atoms with Gasteiger partial charge in [-0.2, -0.15) is 0 Å². The lowest BCUT2D eigenvalue weighted by atomic mass is 9.71. The number of nitrogens with one attached hydrogen (secondary N) is 2. The average Bonchev–Trinajstić information content (AvgIpc) is 2.92. The number of rotatable bonds is 6. The summed E-state index contributed by atoms with van der Waals surface area (Å²) in [5.41, 5.74) is 5.31. The Morgan fingerprint density at radius 3 is 2.42 bits per heavy atom. The van der Waals surface area contributed by atoms with Crippen molar-refractivity contribution in [3.05, 3.63) is 106 Å². The first-order chi connectivity index (χ1) is 18.4. The van der Waals surface area contributed by atoms with Gasteiger partial charge in [-0.15, -0.1) is 0 Å². The number of amides is 1. The first-order valence-corrected chi connectivity index (χ1v) is 12.7. The molecule has 3 aromatic rings. The number of para-hydroxylation sites is 1. The number of nitrogens with zero attached hydrogens (tertiary/aromatic N) is 1. The number of Topliss-reactive ketones (excluding diaryl/α,β-unsaturated/α-hetero) is 1. The third kappa shape index (κ3) is 4.79. The predicted octanol–water partition coefficient (Wildman–Crippen LogP) is 5.41. The molecular formula is C31H31N3O4. The maximum absolute atomic E-state index is 13.9. The SMILES string of the molecule is COc1ccc(C2CC(=O)C3=C(C2)NC(C)=C(C(=O)Nc2cccc(C)n2)C3c2ccccc2OC)cc1. The summed E-state index contributed by atoms with van der Waals surface area (Å²) in [5, 5.41) is 6.37. The van der Waals surface area contributed by atoms with E-state index in [4.69, 9.17) is 9.47 Å². The van der Waals surface area contributed by atoms with Crippen LogP contribution in [0.4, 0.5) is 5.82 Å². The predicted molar refractivity (Wildman–Crippen MR) is 146 cm³/mol. The molecular weight excluding hydrogens is 478 g/mol. The van der Waals surface area contributed by atoms with E-state index in [9.17, 15) is 9.59 Å². The molecule has 1 amide bonds. The summed E-state index contributed by atoms with van der Waals surface area (Å²) in [5.74, 6) is 1.03. The molecule has 2 aromatic carbocycles. The van der Waals surface area contributed by atoms with Crippen LogP contribution in [0.5, 0.6) is 11.5 Å². The van der Waals surface area contributed by atoms with Crippen molar-refractivity contribution in [1.82, 2.24) is 10.3 Å². The van der Waals surface area contributed by atoms with Gasteiger partial charge in [0.15, 0.2) is 5.78 Å². The molecule has 0 bridgehead atoms. The normalized spacial score (nSPS) is 19.0. The van der Waals surface area contributed by atoms with Crippen molar-refractivity contribution in [3.8, 4) is 11.5 Å². The fourth-order valence-corrected chi connectivity index (χ4v) is 5.46. The zero-order valence-corrected chi connectivity index (χ0v) is 22.0. The van der Waals surface area contributed by atoms with E-state index in [2.05, 4.69) is 15.6 Å². The van der Waals surface area contributed by atoms with Crippen molar-refractivity contribution in [2.45, 2.75) is 38.5 Å². The number of carbonyl (C=O) groups is 2. The fourth-order valence-electron chi connectivity index (χ4n) is 5.46. The summed E-state index contributed by atoms with van der Waals surface area (Å²) in [6.07, 6.45) is 1.01. The topological polar surface area (TPSA) is 89.5 Å². The molecule has 1 aliphatic heterocycles. The number of dihydropyridines is 1. The summed E-state index contributed by atoms with van der Waals surface area (Å²) in [6, 6.07) is 20.9. The van der Waals surface area contributed by atoms with Crippen molar-refractivity contribution in [1.29, 1.82) is 0 Å².